The van der Waals surface area contributed by atoms with E-state index in [1.54, 1.807) is 0 Å². The Bertz CT molecular complexity index is 118. The second-order valence-electron chi connectivity index (χ2n) is 5.65. The molecule has 0 saturated carbocycles. The van der Waals surface area contributed by atoms with Gasteiger partial charge in [0.15, 0.2) is 0 Å². The highest BCUT2D eigenvalue weighted by Gasteiger charge is 1.93. The lowest BCUT2D eigenvalue weighted by Crippen LogP contribution is -1.84. The zero-order valence-electron chi connectivity index (χ0n) is 12.7. The van der Waals surface area contributed by atoms with Crippen LogP contribution >= 0.6 is 0 Å². The van der Waals surface area contributed by atoms with E-state index >= 15 is 0 Å². The molecule has 0 bridgehead atoms. The minimum Gasteiger partial charge on any atom is -0.237 e. The van der Waals surface area contributed by atoms with Gasteiger partial charge in [0.1, 0.15) is 0 Å². The van der Waals surface area contributed by atoms with Crippen molar-refractivity contribution >= 4 is 0 Å². The quantitative estimate of drug-likeness (QED) is 0.306. The molecule has 0 atom stereocenters. The fourth-order valence-corrected chi connectivity index (χ4v) is 2.47. The van der Waals surface area contributed by atoms with E-state index in [1.165, 1.54) is 83.5 Å². The molecule has 0 spiro atoms. The van der Waals surface area contributed by atoms with Gasteiger partial charge >= 0.3 is 0 Å². The molecule has 0 aliphatic rings. The third-order valence-corrected chi connectivity index (χ3v) is 3.75. The Kier molecular flexibility index (Phi) is 16.9. The van der Waals surface area contributed by atoms with Gasteiger partial charge in [-0.3, -0.25) is 0 Å². The van der Waals surface area contributed by atoms with Crippen LogP contribution in [0.5, 0.6) is 0 Å². The maximum atomic E-state index is 10.2. The summed E-state index contributed by atoms with van der Waals surface area (Å²) in [7, 11) is 0. The van der Waals surface area contributed by atoms with Crippen molar-refractivity contribution in [2.45, 2.75) is 103 Å². The average Bonchev–Trinajstić information content (AvgIpc) is 2.39. The lowest BCUT2D eigenvalue weighted by molar-refractivity contribution is 0.186. The van der Waals surface area contributed by atoms with Gasteiger partial charge in [0.25, 0.3) is 0 Å². The second-order valence-corrected chi connectivity index (χ2v) is 5.65. The molecule has 0 aliphatic carbocycles. The van der Waals surface area contributed by atoms with Crippen molar-refractivity contribution in [2.24, 2.45) is 0 Å². The molecule has 1 nitrogen and oxygen atoms in total. The Balaban J connectivity index is 2.86. The molecule has 0 rings (SSSR count). The lowest BCUT2D eigenvalue weighted by Gasteiger charge is -2.02. The summed E-state index contributed by atoms with van der Waals surface area (Å²) in [6.45, 7) is 2.40. The molecule has 109 valence electrons. The topological polar surface area (TPSA) is 19.9 Å². The molecule has 0 aromatic rings. The number of hydrogen-bond acceptors (Lipinski definition) is 0. The first-order chi connectivity index (χ1) is 8.91. The predicted octanol–water partition coefficient (Wildman–Crippen LogP) is 6.29. The molecule has 0 fully saturated rings. The molecule has 1 radical (unpaired) electrons. The molecular formula is C17H35O. The van der Waals surface area contributed by atoms with Crippen LogP contribution in [0, 0.1) is 0 Å². The summed E-state index contributed by atoms with van der Waals surface area (Å²) >= 11 is 0. The fraction of sp³-hybridized carbons (Fsp3) is 1.00. The SMILES string of the molecule is CCCCCCCCCCCCCCCCC[O]. The van der Waals surface area contributed by atoms with Crippen molar-refractivity contribution in [1.82, 2.24) is 0 Å². The molecule has 0 heterocycles. The van der Waals surface area contributed by atoms with Crippen LogP contribution in [0.1, 0.15) is 103 Å². The summed E-state index contributed by atoms with van der Waals surface area (Å²) in [6, 6.07) is 0. The van der Waals surface area contributed by atoms with E-state index in [-0.39, 0.29) is 6.61 Å². The van der Waals surface area contributed by atoms with E-state index < -0.39 is 0 Å². The minimum absolute atomic E-state index is 0.123. The number of unbranched alkanes of at least 4 members (excludes halogenated alkanes) is 14. The Morgan fingerprint density at radius 2 is 0.722 bits per heavy atom. The van der Waals surface area contributed by atoms with Crippen molar-refractivity contribution in [3.05, 3.63) is 0 Å². The molecule has 0 saturated heterocycles. The summed E-state index contributed by atoms with van der Waals surface area (Å²) in [5.74, 6) is 0. The van der Waals surface area contributed by atoms with Gasteiger partial charge in [-0.15, -0.1) is 0 Å². The van der Waals surface area contributed by atoms with Crippen LogP contribution in [0.3, 0.4) is 0 Å². The van der Waals surface area contributed by atoms with Crippen molar-refractivity contribution in [2.75, 3.05) is 6.61 Å². The van der Waals surface area contributed by atoms with Crippen LogP contribution in [0.15, 0.2) is 0 Å². The van der Waals surface area contributed by atoms with E-state index in [0.717, 1.165) is 12.8 Å². The minimum atomic E-state index is 0.123. The van der Waals surface area contributed by atoms with Crippen LogP contribution in [-0.4, -0.2) is 6.61 Å². The zero-order chi connectivity index (χ0) is 13.3. The average molecular weight is 255 g/mol. The van der Waals surface area contributed by atoms with E-state index in [4.69, 9.17) is 0 Å². The Hall–Kier alpha value is -0.0400. The first kappa shape index (κ1) is 18.0. The largest absolute Gasteiger partial charge is 0.237 e. The highest BCUT2D eigenvalue weighted by molar-refractivity contribution is 4.49. The highest BCUT2D eigenvalue weighted by atomic mass is 16.2. The van der Waals surface area contributed by atoms with Gasteiger partial charge in [0.2, 0.25) is 0 Å². The fourth-order valence-electron chi connectivity index (χ4n) is 2.47. The molecule has 0 aromatic carbocycles. The molecule has 0 amide bonds. The Morgan fingerprint density at radius 1 is 0.444 bits per heavy atom. The third kappa shape index (κ3) is 16.0. The van der Waals surface area contributed by atoms with Crippen LogP contribution in [-0.2, 0) is 5.11 Å². The number of hydrogen-bond donors (Lipinski definition) is 0. The molecule has 18 heavy (non-hydrogen) atoms. The van der Waals surface area contributed by atoms with Gasteiger partial charge in [0.05, 0.1) is 6.61 Å². The van der Waals surface area contributed by atoms with Crippen LogP contribution in [0.4, 0.5) is 0 Å². The van der Waals surface area contributed by atoms with Gasteiger partial charge in [-0.2, -0.15) is 0 Å². The molecular weight excluding hydrogens is 220 g/mol. The molecule has 0 aromatic heterocycles. The normalized spacial score (nSPS) is 11.0. The Labute approximate surface area is 115 Å². The van der Waals surface area contributed by atoms with Crippen molar-refractivity contribution in [3.63, 3.8) is 0 Å². The van der Waals surface area contributed by atoms with Crippen molar-refractivity contribution < 1.29 is 5.11 Å². The summed E-state index contributed by atoms with van der Waals surface area (Å²) in [5, 5.41) is 10.2. The van der Waals surface area contributed by atoms with Gasteiger partial charge in [-0.1, -0.05) is 96.8 Å². The highest BCUT2D eigenvalue weighted by Crippen LogP contribution is 2.13. The van der Waals surface area contributed by atoms with Crippen LogP contribution in [0.2, 0.25) is 0 Å². The predicted molar refractivity (Wildman–Crippen MR) is 80.5 cm³/mol. The zero-order valence-corrected chi connectivity index (χ0v) is 12.7. The van der Waals surface area contributed by atoms with Gasteiger partial charge in [-0.05, 0) is 6.42 Å². The standard InChI is InChI=1S/C17H35O/c1-2-3-4-5-6-7-8-9-10-11-12-13-14-15-16-17-18/h2-17H2,1H3. The van der Waals surface area contributed by atoms with E-state index in [2.05, 4.69) is 6.92 Å². The van der Waals surface area contributed by atoms with E-state index in [1.807, 2.05) is 0 Å². The van der Waals surface area contributed by atoms with Crippen molar-refractivity contribution in [3.8, 4) is 0 Å². The maximum absolute atomic E-state index is 10.2. The lowest BCUT2D eigenvalue weighted by atomic mass is 10.0. The first-order valence-corrected chi connectivity index (χ1v) is 8.50. The first-order valence-electron chi connectivity index (χ1n) is 8.50. The molecule has 0 unspecified atom stereocenters. The van der Waals surface area contributed by atoms with Crippen LogP contribution in [0.25, 0.3) is 0 Å². The van der Waals surface area contributed by atoms with Gasteiger partial charge < -0.3 is 0 Å². The summed E-state index contributed by atoms with van der Waals surface area (Å²) in [6.07, 6.45) is 20.3. The second kappa shape index (κ2) is 17.0. The maximum Gasteiger partial charge on any atom is 0.0822 e. The summed E-state index contributed by atoms with van der Waals surface area (Å²) < 4.78 is 0. The number of rotatable bonds is 15. The molecule has 0 N–H and O–H groups in total. The monoisotopic (exact) mass is 255 g/mol. The summed E-state index contributed by atoms with van der Waals surface area (Å²) in [4.78, 5) is 0. The van der Waals surface area contributed by atoms with Gasteiger partial charge in [0, 0.05) is 0 Å². The molecule has 0 aliphatic heterocycles. The smallest absolute Gasteiger partial charge is 0.0822 e. The van der Waals surface area contributed by atoms with Crippen LogP contribution < -0.4 is 0 Å². The van der Waals surface area contributed by atoms with E-state index in [9.17, 15) is 5.11 Å². The third-order valence-electron chi connectivity index (χ3n) is 3.75. The summed E-state index contributed by atoms with van der Waals surface area (Å²) in [5.41, 5.74) is 0. The van der Waals surface area contributed by atoms with Crippen molar-refractivity contribution in [1.29, 1.82) is 0 Å². The van der Waals surface area contributed by atoms with E-state index in [0.29, 0.717) is 0 Å². The molecule has 1 heteroatoms. The van der Waals surface area contributed by atoms with Gasteiger partial charge in [-0.25, -0.2) is 5.11 Å². The Morgan fingerprint density at radius 3 is 1.00 bits per heavy atom.